The van der Waals surface area contributed by atoms with Gasteiger partial charge in [0, 0.05) is 17.2 Å². The number of aromatic carboxylic acids is 1. The number of nitro benzene ring substituents is 1. The molecule has 0 amide bonds. The second-order valence-corrected chi connectivity index (χ2v) is 3.96. The van der Waals surface area contributed by atoms with Gasteiger partial charge in [0.1, 0.15) is 5.56 Å². The van der Waals surface area contributed by atoms with E-state index in [1.165, 1.54) is 24.4 Å². The van der Waals surface area contributed by atoms with Gasteiger partial charge in [-0.1, -0.05) is 11.6 Å². The first-order chi connectivity index (χ1) is 9.49. The molecular formula is C11H6ClN3O5. The van der Waals surface area contributed by atoms with Gasteiger partial charge in [0.05, 0.1) is 11.1 Å². The summed E-state index contributed by atoms with van der Waals surface area (Å²) in [6.07, 6.45) is 1.17. The Bertz CT molecular complexity index is 692. The lowest BCUT2D eigenvalue weighted by atomic mass is 10.3. The van der Waals surface area contributed by atoms with Crippen molar-refractivity contribution in [1.82, 2.24) is 10.2 Å². The zero-order valence-electron chi connectivity index (χ0n) is 9.69. The number of nitrogens with zero attached hydrogens (tertiary/aromatic N) is 3. The molecule has 0 saturated carbocycles. The molecule has 0 aliphatic carbocycles. The van der Waals surface area contributed by atoms with Crippen LogP contribution in [0.15, 0.2) is 30.5 Å². The first kappa shape index (κ1) is 13.7. The Balaban J connectivity index is 2.47. The van der Waals surface area contributed by atoms with E-state index in [-0.39, 0.29) is 27.9 Å². The third kappa shape index (κ3) is 2.81. The van der Waals surface area contributed by atoms with Gasteiger partial charge in [-0.2, -0.15) is 5.10 Å². The molecule has 2 aromatic rings. The summed E-state index contributed by atoms with van der Waals surface area (Å²) in [5.41, 5.74) is -0.634. The molecule has 0 fully saturated rings. The van der Waals surface area contributed by atoms with Crippen LogP contribution in [-0.2, 0) is 0 Å². The summed E-state index contributed by atoms with van der Waals surface area (Å²) in [5.74, 6) is -1.87. The molecule has 0 spiro atoms. The summed E-state index contributed by atoms with van der Waals surface area (Å²) >= 11 is 5.74. The van der Waals surface area contributed by atoms with Crippen LogP contribution in [0, 0.1) is 10.1 Å². The molecule has 1 aromatic carbocycles. The van der Waals surface area contributed by atoms with Gasteiger partial charge in [-0.05, 0) is 12.1 Å². The molecule has 1 N–H and O–H groups in total. The number of halogens is 1. The molecular weight excluding hydrogens is 290 g/mol. The van der Waals surface area contributed by atoms with Crippen LogP contribution in [0.4, 0.5) is 5.69 Å². The maximum atomic E-state index is 11.0. The summed E-state index contributed by atoms with van der Waals surface area (Å²) in [5, 5.41) is 27.0. The number of carbonyl (C=O) groups is 1. The average molecular weight is 296 g/mol. The lowest BCUT2D eigenvalue weighted by Gasteiger charge is -2.07. The standard InChI is InChI=1S/C11H6ClN3O5/c12-6-1-2-8(15(18)19)9(5-6)20-10-7(11(16)17)3-4-13-14-10/h1-5H,(H,16,17). The van der Waals surface area contributed by atoms with Crippen molar-refractivity contribution in [3.05, 3.63) is 51.2 Å². The molecule has 0 bridgehead atoms. The number of hydrogen-bond donors (Lipinski definition) is 1. The van der Waals surface area contributed by atoms with Crippen LogP contribution in [0.5, 0.6) is 11.6 Å². The number of rotatable bonds is 4. The van der Waals surface area contributed by atoms with E-state index in [1.54, 1.807) is 0 Å². The van der Waals surface area contributed by atoms with Gasteiger partial charge in [-0.3, -0.25) is 10.1 Å². The number of carboxylic acid groups (broad SMARTS) is 1. The van der Waals surface area contributed by atoms with E-state index in [4.69, 9.17) is 21.4 Å². The van der Waals surface area contributed by atoms with Crippen LogP contribution in [0.3, 0.4) is 0 Å². The quantitative estimate of drug-likeness (QED) is 0.680. The zero-order chi connectivity index (χ0) is 14.7. The minimum absolute atomic E-state index is 0.200. The Morgan fingerprint density at radius 2 is 2.15 bits per heavy atom. The Kier molecular flexibility index (Phi) is 3.76. The van der Waals surface area contributed by atoms with E-state index >= 15 is 0 Å². The normalized spacial score (nSPS) is 10.1. The summed E-state index contributed by atoms with van der Waals surface area (Å²) in [7, 11) is 0. The molecule has 0 atom stereocenters. The van der Waals surface area contributed by atoms with Crippen LogP contribution >= 0.6 is 11.6 Å². The average Bonchev–Trinajstić information content (AvgIpc) is 2.38. The lowest BCUT2D eigenvalue weighted by Crippen LogP contribution is -2.03. The minimum Gasteiger partial charge on any atom is -0.477 e. The third-order valence-electron chi connectivity index (χ3n) is 2.24. The molecule has 9 heteroatoms. The SMILES string of the molecule is O=C(O)c1ccnnc1Oc1cc(Cl)ccc1[N+](=O)[O-]. The van der Waals surface area contributed by atoms with E-state index < -0.39 is 10.9 Å². The number of ether oxygens (including phenoxy) is 1. The Labute approximate surface area is 116 Å². The van der Waals surface area contributed by atoms with E-state index in [0.717, 1.165) is 6.07 Å². The predicted octanol–water partition coefficient (Wildman–Crippen LogP) is 2.53. The van der Waals surface area contributed by atoms with Crippen LogP contribution in [-0.4, -0.2) is 26.2 Å². The molecule has 0 aliphatic heterocycles. The Morgan fingerprint density at radius 3 is 2.80 bits per heavy atom. The fourth-order valence-electron chi connectivity index (χ4n) is 1.38. The van der Waals surface area contributed by atoms with Crippen LogP contribution in [0.25, 0.3) is 0 Å². The summed E-state index contributed by atoms with van der Waals surface area (Å²) in [6, 6.07) is 4.83. The summed E-state index contributed by atoms with van der Waals surface area (Å²) < 4.78 is 5.16. The molecule has 2 rings (SSSR count). The second kappa shape index (κ2) is 5.49. The van der Waals surface area contributed by atoms with Crippen LogP contribution in [0.1, 0.15) is 10.4 Å². The first-order valence-corrected chi connectivity index (χ1v) is 5.53. The first-order valence-electron chi connectivity index (χ1n) is 5.16. The molecule has 0 unspecified atom stereocenters. The van der Waals surface area contributed by atoms with Crippen LogP contribution < -0.4 is 4.74 Å². The molecule has 20 heavy (non-hydrogen) atoms. The lowest BCUT2D eigenvalue weighted by molar-refractivity contribution is -0.385. The van der Waals surface area contributed by atoms with Crippen molar-refractivity contribution in [2.75, 3.05) is 0 Å². The van der Waals surface area contributed by atoms with Gasteiger partial charge in [0.15, 0.2) is 0 Å². The highest BCUT2D eigenvalue weighted by atomic mass is 35.5. The van der Waals surface area contributed by atoms with Gasteiger partial charge >= 0.3 is 11.7 Å². The van der Waals surface area contributed by atoms with E-state index in [9.17, 15) is 14.9 Å². The monoisotopic (exact) mass is 295 g/mol. The predicted molar refractivity (Wildman–Crippen MR) is 67.2 cm³/mol. The highest BCUT2D eigenvalue weighted by Crippen LogP contribution is 2.33. The third-order valence-corrected chi connectivity index (χ3v) is 2.48. The number of aromatic nitrogens is 2. The summed E-state index contributed by atoms with van der Waals surface area (Å²) in [4.78, 5) is 21.2. The van der Waals surface area contributed by atoms with Crippen molar-refractivity contribution in [3.63, 3.8) is 0 Å². The van der Waals surface area contributed by atoms with Crippen LogP contribution in [0.2, 0.25) is 5.02 Å². The highest BCUT2D eigenvalue weighted by Gasteiger charge is 2.20. The van der Waals surface area contributed by atoms with Crippen molar-refractivity contribution >= 4 is 23.3 Å². The molecule has 0 saturated heterocycles. The van der Waals surface area contributed by atoms with Gasteiger partial charge in [0.2, 0.25) is 5.75 Å². The summed E-state index contributed by atoms with van der Waals surface area (Å²) in [6.45, 7) is 0. The molecule has 1 heterocycles. The molecule has 102 valence electrons. The topological polar surface area (TPSA) is 115 Å². The maximum absolute atomic E-state index is 11.0. The zero-order valence-corrected chi connectivity index (χ0v) is 10.4. The van der Waals surface area contributed by atoms with Crippen molar-refractivity contribution in [2.45, 2.75) is 0 Å². The van der Waals surface area contributed by atoms with E-state index in [2.05, 4.69) is 10.2 Å². The second-order valence-electron chi connectivity index (χ2n) is 3.53. The number of nitro groups is 1. The van der Waals surface area contributed by atoms with Crippen molar-refractivity contribution in [1.29, 1.82) is 0 Å². The van der Waals surface area contributed by atoms with Gasteiger partial charge < -0.3 is 9.84 Å². The fraction of sp³-hybridized carbons (Fsp3) is 0. The molecule has 0 aliphatic rings. The minimum atomic E-state index is -1.29. The molecule has 1 aromatic heterocycles. The number of carboxylic acids is 1. The molecule has 8 nitrogen and oxygen atoms in total. The smallest absolute Gasteiger partial charge is 0.341 e. The Morgan fingerprint density at radius 1 is 1.40 bits per heavy atom. The largest absolute Gasteiger partial charge is 0.477 e. The van der Waals surface area contributed by atoms with Crippen molar-refractivity contribution < 1.29 is 19.6 Å². The van der Waals surface area contributed by atoms with E-state index in [1.807, 2.05) is 0 Å². The van der Waals surface area contributed by atoms with Gasteiger partial charge in [-0.15, -0.1) is 5.10 Å². The van der Waals surface area contributed by atoms with Gasteiger partial charge in [-0.25, -0.2) is 4.79 Å². The number of hydrogen-bond acceptors (Lipinski definition) is 6. The molecule has 0 radical (unpaired) electrons. The fourth-order valence-corrected chi connectivity index (χ4v) is 1.54. The maximum Gasteiger partial charge on any atom is 0.341 e. The van der Waals surface area contributed by atoms with Crippen molar-refractivity contribution in [2.24, 2.45) is 0 Å². The van der Waals surface area contributed by atoms with E-state index in [0.29, 0.717) is 0 Å². The highest BCUT2D eigenvalue weighted by molar-refractivity contribution is 6.30. The number of benzene rings is 1. The Hall–Kier alpha value is -2.74. The van der Waals surface area contributed by atoms with Gasteiger partial charge in [0.25, 0.3) is 5.88 Å². The van der Waals surface area contributed by atoms with Crippen molar-refractivity contribution in [3.8, 4) is 11.6 Å².